The molecule has 0 saturated heterocycles. The first-order valence-corrected chi connectivity index (χ1v) is 5.89. The van der Waals surface area contributed by atoms with Crippen LogP contribution in [0.5, 0.6) is 0 Å². The fourth-order valence-corrected chi connectivity index (χ4v) is 2.25. The smallest absolute Gasteiger partial charge is 0.327 e. The molecule has 1 unspecified atom stereocenters. The number of carbonyl (C=O) groups excluding carboxylic acids is 1. The van der Waals surface area contributed by atoms with Crippen LogP contribution in [0, 0.1) is 12.3 Å². The van der Waals surface area contributed by atoms with Gasteiger partial charge in [-0.2, -0.15) is 0 Å². The normalized spacial score (nSPS) is 18.5. The molecular formula is C14H14N2O3. The number of rotatable bonds is 3. The Labute approximate surface area is 111 Å². The molecule has 1 amide bonds. The molecule has 1 aliphatic rings. The Balaban J connectivity index is 2.37. The summed E-state index contributed by atoms with van der Waals surface area (Å²) >= 11 is 0. The van der Waals surface area contributed by atoms with Crippen LogP contribution in [0.15, 0.2) is 24.3 Å². The molecule has 0 saturated carbocycles. The van der Waals surface area contributed by atoms with Crippen LogP contribution in [0.3, 0.4) is 0 Å². The van der Waals surface area contributed by atoms with Gasteiger partial charge in [0.2, 0.25) is 5.91 Å². The van der Waals surface area contributed by atoms with Gasteiger partial charge in [0, 0.05) is 18.5 Å². The average Bonchev–Trinajstić information content (AvgIpc) is 2.77. The van der Waals surface area contributed by atoms with E-state index in [0.717, 1.165) is 5.56 Å². The van der Waals surface area contributed by atoms with Crippen molar-refractivity contribution in [2.24, 2.45) is 5.73 Å². The van der Waals surface area contributed by atoms with Crippen molar-refractivity contribution in [1.82, 2.24) is 0 Å². The lowest BCUT2D eigenvalue weighted by atomic mass is 10.1. The van der Waals surface area contributed by atoms with E-state index in [1.165, 1.54) is 4.90 Å². The van der Waals surface area contributed by atoms with E-state index in [1.807, 2.05) is 12.1 Å². The number of carboxylic acid groups (broad SMARTS) is 1. The Morgan fingerprint density at radius 2 is 2.21 bits per heavy atom. The Kier molecular flexibility index (Phi) is 3.54. The Morgan fingerprint density at radius 3 is 2.84 bits per heavy atom. The van der Waals surface area contributed by atoms with Crippen LogP contribution in [0.2, 0.25) is 0 Å². The minimum atomic E-state index is -1.04. The molecule has 2 atom stereocenters. The molecular weight excluding hydrogens is 244 g/mol. The summed E-state index contributed by atoms with van der Waals surface area (Å²) in [5, 5.41) is 9.24. The first kappa shape index (κ1) is 13.1. The molecule has 0 aromatic heterocycles. The number of terminal acetylenes is 1. The van der Waals surface area contributed by atoms with Gasteiger partial charge in [-0.15, -0.1) is 12.3 Å². The molecule has 0 radical (unpaired) electrons. The van der Waals surface area contributed by atoms with Crippen molar-refractivity contribution in [3.05, 3.63) is 29.8 Å². The van der Waals surface area contributed by atoms with Gasteiger partial charge in [0.1, 0.15) is 6.04 Å². The van der Waals surface area contributed by atoms with Crippen molar-refractivity contribution in [2.45, 2.75) is 24.9 Å². The lowest BCUT2D eigenvalue weighted by Crippen LogP contribution is -2.50. The van der Waals surface area contributed by atoms with Gasteiger partial charge in [-0.25, -0.2) is 4.79 Å². The number of fused-ring (bicyclic) bond motifs is 1. The minimum Gasteiger partial charge on any atom is -0.480 e. The number of benzene rings is 1. The zero-order chi connectivity index (χ0) is 14.0. The predicted octanol–water partition coefficient (Wildman–Crippen LogP) is 0.379. The number of aliphatic carboxylic acids is 1. The maximum atomic E-state index is 12.3. The lowest BCUT2D eigenvalue weighted by Gasteiger charge is -2.25. The first-order chi connectivity index (χ1) is 9.06. The number of nitrogens with two attached hydrogens (primary N) is 1. The van der Waals surface area contributed by atoms with Crippen molar-refractivity contribution in [3.63, 3.8) is 0 Å². The van der Waals surface area contributed by atoms with Crippen LogP contribution in [0.1, 0.15) is 12.0 Å². The predicted molar refractivity (Wildman–Crippen MR) is 70.5 cm³/mol. The van der Waals surface area contributed by atoms with Gasteiger partial charge >= 0.3 is 5.97 Å². The van der Waals surface area contributed by atoms with E-state index >= 15 is 0 Å². The molecule has 3 N–H and O–H groups in total. The lowest BCUT2D eigenvalue weighted by molar-refractivity contribution is -0.140. The zero-order valence-electron chi connectivity index (χ0n) is 10.2. The largest absolute Gasteiger partial charge is 0.480 e. The van der Waals surface area contributed by atoms with E-state index in [2.05, 4.69) is 5.92 Å². The number of para-hydroxylation sites is 1. The zero-order valence-corrected chi connectivity index (χ0v) is 10.2. The molecule has 1 aromatic carbocycles. The van der Waals surface area contributed by atoms with Gasteiger partial charge in [0.15, 0.2) is 0 Å². The van der Waals surface area contributed by atoms with E-state index in [9.17, 15) is 14.7 Å². The molecule has 5 heteroatoms. The maximum absolute atomic E-state index is 12.3. The minimum absolute atomic E-state index is 0.0871. The molecule has 2 rings (SSSR count). The van der Waals surface area contributed by atoms with Crippen LogP contribution in [0.4, 0.5) is 5.69 Å². The summed E-state index contributed by atoms with van der Waals surface area (Å²) in [6.07, 6.45) is 5.52. The van der Waals surface area contributed by atoms with Crippen LogP contribution in [0.25, 0.3) is 0 Å². The number of carbonyl (C=O) groups is 2. The van der Waals surface area contributed by atoms with Gasteiger partial charge in [-0.05, 0) is 11.6 Å². The topological polar surface area (TPSA) is 83.6 Å². The van der Waals surface area contributed by atoms with Crippen molar-refractivity contribution in [3.8, 4) is 12.3 Å². The van der Waals surface area contributed by atoms with Crippen molar-refractivity contribution in [1.29, 1.82) is 0 Å². The molecule has 5 nitrogen and oxygen atoms in total. The van der Waals surface area contributed by atoms with E-state index in [-0.39, 0.29) is 6.42 Å². The average molecular weight is 258 g/mol. The highest BCUT2D eigenvalue weighted by Crippen LogP contribution is 2.32. The van der Waals surface area contributed by atoms with E-state index in [4.69, 9.17) is 12.2 Å². The first-order valence-electron chi connectivity index (χ1n) is 5.89. The van der Waals surface area contributed by atoms with Gasteiger partial charge < -0.3 is 10.8 Å². The summed E-state index contributed by atoms with van der Waals surface area (Å²) in [7, 11) is 0. The maximum Gasteiger partial charge on any atom is 0.327 e. The number of nitrogens with zero attached hydrogens (tertiary/aromatic N) is 1. The molecule has 0 bridgehead atoms. The number of anilines is 1. The van der Waals surface area contributed by atoms with Gasteiger partial charge in [-0.1, -0.05) is 18.2 Å². The number of hydrogen-bond donors (Lipinski definition) is 2. The quantitative estimate of drug-likeness (QED) is 0.768. The third-order valence-corrected chi connectivity index (χ3v) is 3.15. The summed E-state index contributed by atoms with van der Waals surface area (Å²) in [6.45, 7) is 0. The molecule has 1 heterocycles. The van der Waals surface area contributed by atoms with Gasteiger partial charge in [-0.3, -0.25) is 9.69 Å². The number of carboxylic acids is 1. The Hall–Kier alpha value is -2.32. The van der Waals surface area contributed by atoms with Gasteiger partial charge in [0.05, 0.1) is 6.04 Å². The number of hydrogen-bond acceptors (Lipinski definition) is 3. The summed E-state index contributed by atoms with van der Waals surface area (Å²) < 4.78 is 0. The summed E-state index contributed by atoms with van der Waals surface area (Å²) in [4.78, 5) is 24.8. The Bertz CT molecular complexity index is 562. The standard InChI is InChI=1S/C14H14N2O3/c1-2-5-10(15)13(17)16-11-7-4-3-6-9(11)8-12(16)14(18)19/h1,3-4,6-7,10,12H,5,8,15H2,(H,18,19)/t10?,12-/m0/s1. The summed E-state index contributed by atoms with van der Waals surface area (Å²) in [6, 6.07) is 5.32. The third-order valence-electron chi connectivity index (χ3n) is 3.15. The molecule has 0 spiro atoms. The summed E-state index contributed by atoms with van der Waals surface area (Å²) in [5.74, 6) is 0.827. The van der Waals surface area contributed by atoms with Crippen LogP contribution < -0.4 is 10.6 Å². The molecule has 1 aliphatic heterocycles. The van der Waals surface area contributed by atoms with Crippen molar-refractivity contribution >= 4 is 17.6 Å². The van der Waals surface area contributed by atoms with E-state index < -0.39 is 24.0 Å². The molecule has 98 valence electrons. The third kappa shape index (κ3) is 2.30. The van der Waals surface area contributed by atoms with Crippen molar-refractivity contribution < 1.29 is 14.7 Å². The fraction of sp³-hybridized carbons (Fsp3) is 0.286. The van der Waals surface area contributed by atoms with E-state index in [0.29, 0.717) is 12.1 Å². The Morgan fingerprint density at radius 1 is 1.53 bits per heavy atom. The molecule has 19 heavy (non-hydrogen) atoms. The second-order valence-corrected chi connectivity index (χ2v) is 4.41. The molecule has 0 fully saturated rings. The highest BCUT2D eigenvalue weighted by molar-refractivity contribution is 6.04. The molecule has 1 aromatic rings. The van der Waals surface area contributed by atoms with E-state index in [1.54, 1.807) is 12.1 Å². The summed E-state index contributed by atoms with van der Waals surface area (Å²) in [5.41, 5.74) is 7.13. The van der Waals surface area contributed by atoms with Crippen molar-refractivity contribution in [2.75, 3.05) is 4.90 Å². The molecule has 0 aliphatic carbocycles. The van der Waals surface area contributed by atoms with Crippen LogP contribution in [-0.4, -0.2) is 29.1 Å². The van der Waals surface area contributed by atoms with Crippen LogP contribution in [-0.2, 0) is 16.0 Å². The SMILES string of the molecule is C#CCC(N)C(=O)N1c2ccccc2C[C@H]1C(=O)O. The highest BCUT2D eigenvalue weighted by Gasteiger charge is 2.39. The van der Waals surface area contributed by atoms with Crippen LogP contribution >= 0.6 is 0 Å². The monoisotopic (exact) mass is 258 g/mol. The fourth-order valence-electron chi connectivity index (χ4n) is 2.25. The second-order valence-electron chi connectivity index (χ2n) is 4.41. The highest BCUT2D eigenvalue weighted by atomic mass is 16.4. The number of amides is 1. The second kappa shape index (κ2) is 5.12. The van der Waals surface area contributed by atoms with Gasteiger partial charge in [0.25, 0.3) is 0 Å².